The summed E-state index contributed by atoms with van der Waals surface area (Å²) in [4.78, 5) is 12.4. The maximum absolute atomic E-state index is 14.1. The molecule has 0 radical (unpaired) electrons. The number of amides is 1. The van der Waals surface area contributed by atoms with Gasteiger partial charge in [0.15, 0.2) is 11.6 Å². The zero-order chi connectivity index (χ0) is 19.8. The van der Waals surface area contributed by atoms with Gasteiger partial charge >= 0.3 is 0 Å². The van der Waals surface area contributed by atoms with Crippen LogP contribution in [0.5, 0.6) is 0 Å². The lowest BCUT2D eigenvalue weighted by Crippen LogP contribution is -2.20. The first-order valence-electron chi connectivity index (χ1n) is 8.63. The van der Waals surface area contributed by atoms with E-state index in [-0.39, 0.29) is 18.0 Å². The zero-order valence-corrected chi connectivity index (χ0v) is 15.3. The number of rotatable bonds is 4. The van der Waals surface area contributed by atoms with Crippen molar-refractivity contribution < 1.29 is 13.6 Å². The van der Waals surface area contributed by atoms with E-state index in [0.29, 0.717) is 11.4 Å². The maximum atomic E-state index is 14.1. The molecule has 1 amide bonds. The van der Waals surface area contributed by atoms with Crippen LogP contribution in [-0.4, -0.2) is 25.5 Å². The lowest BCUT2D eigenvalue weighted by atomic mass is 10.0. The molecule has 0 atom stereocenters. The van der Waals surface area contributed by atoms with Crippen LogP contribution in [0.3, 0.4) is 0 Å². The van der Waals surface area contributed by atoms with Crippen LogP contribution < -0.4 is 5.32 Å². The van der Waals surface area contributed by atoms with E-state index in [4.69, 9.17) is 0 Å². The summed E-state index contributed by atoms with van der Waals surface area (Å²) in [5.41, 5.74) is 2.24. The Kier molecular flexibility index (Phi) is 4.38. The highest BCUT2D eigenvalue weighted by molar-refractivity contribution is 5.91. The quantitative estimate of drug-likeness (QED) is 0.587. The van der Waals surface area contributed by atoms with E-state index in [1.807, 2.05) is 6.92 Å². The van der Waals surface area contributed by atoms with Gasteiger partial charge in [0.1, 0.15) is 12.4 Å². The standard InChI is InChI=1S/C20H17F2N5O/c1-12-8-18(26(2)25-12)24-19(28)11-27-17-7-6-13(9-14(17)10-23-27)15-4-3-5-16(21)20(15)22/h3-10H,11H2,1-2H3,(H,24,28). The monoisotopic (exact) mass is 381 g/mol. The van der Waals surface area contributed by atoms with Gasteiger partial charge in [-0.15, -0.1) is 0 Å². The second-order valence-electron chi connectivity index (χ2n) is 6.52. The predicted molar refractivity (Wildman–Crippen MR) is 102 cm³/mol. The van der Waals surface area contributed by atoms with Gasteiger partial charge in [0.2, 0.25) is 5.91 Å². The highest BCUT2D eigenvalue weighted by Gasteiger charge is 2.13. The molecule has 6 nitrogen and oxygen atoms in total. The van der Waals surface area contributed by atoms with Crippen LogP contribution in [0, 0.1) is 18.6 Å². The first-order valence-corrected chi connectivity index (χ1v) is 8.63. The molecule has 1 N–H and O–H groups in total. The van der Waals surface area contributed by atoms with Gasteiger partial charge in [-0.1, -0.05) is 18.2 Å². The minimum atomic E-state index is -0.893. The van der Waals surface area contributed by atoms with Gasteiger partial charge in [0.25, 0.3) is 0 Å². The van der Waals surface area contributed by atoms with Crippen LogP contribution >= 0.6 is 0 Å². The number of anilines is 1. The third-order valence-corrected chi connectivity index (χ3v) is 4.47. The van der Waals surface area contributed by atoms with E-state index < -0.39 is 11.6 Å². The fraction of sp³-hybridized carbons (Fsp3) is 0.150. The molecule has 2 heterocycles. The van der Waals surface area contributed by atoms with Crippen molar-refractivity contribution >= 4 is 22.6 Å². The number of carbonyl (C=O) groups excluding carboxylic acids is 1. The summed E-state index contributed by atoms with van der Waals surface area (Å²) in [6, 6.07) is 11.0. The zero-order valence-electron chi connectivity index (χ0n) is 15.3. The summed E-state index contributed by atoms with van der Waals surface area (Å²) < 4.78 is 30.7. The van der Waals surface area contributed by atoms with Crippen molar-refractivity contribution in [3.05, 3.63) is 66.0 Å². The highest BCUT2D eigenvalue weighted by Crippen LogP contribution is 2.27. The molecule has 142 valence electrons. The van der Waals surface area contributed by atoms with Gasteiger partial charge in [0, 0.05) is 24.1 Å². The van der Waals surface area contributed by atoms with Gasteiger partial charge in [-0.05, 0) is 30.7 Å². The second-order valence-corrected chi connectivity index (χ2v) is 6.52. The number of halogens is 2. The lowest BCUT2D eigenvalue weighted by Gasteiger charge is -2.07. The van der Waals surface area contributed by atoms with Gasteiger partial charge < -0.3 is 5.32 Å². The van der Waals surface area contributed by atoms with Gasteiger partial charge in [-0.3, -0.25) is 14.2 Å². The topological polar surface area (TPSA) is 64.7 Å². The largest absolute Gasteiger partial charge is 0.309 e. The molecular weight excluding hydrogens is 364 g/mol. The van der Waals surface area contributed by atoms with Crippen molar-refractivity contribution in [3.8, 4) is 11.1 Å². The number of aromatic nitrogens is 4. The van der Waals surface area contributed by atoms with Crippen LogP contribution in [0.4, 0.5) is 14.6 Å². The van der Waals surface area contributed by atoms with E-state index in [0.717, 1.165) is 22.7 Å². The van der Waals surface area contributed by atoms with Crippen LogP contribution in [0.15, 0.2) is 48.7 Å². The Labute approximate surface area is 159 Å². The molecule has 0 spiro atoms. The van der Waals surface area contributed by atoms with E-state index >= 15 is 0 Å². The first kappa shape index (κ1) is 17.8. The molecule has 0 aliphatic carbocycles. The number of fused-ring (bicyclic) bond motifs is 1. The number of nitrogens with one attached hydrogen (secondary N) is 1. The molecule has 0 fully saturated rings. The fourth-order valence-corrected chi connectivity index (χ4v) is 3.15. The Balaban J connectivity index is 1.59. The van der Waals surface area contributed by atoms with E-state index in [1.54, 1.807) is 46.9 Å². The Bertz CT molecular complexity index is 1190. The number of hydrogen-bond donors (Lipinski definition) is 1. The average Bonchev–Trinajstić information content (AvgIpc) is 3.19. The SMILES string of the molecule is Cc1cc(NC(=O)Cn2ncc3cc(-c4cccc(F)c4F)ccc32)n(C)n1. The first-order chi connectivity index (χ1) is 13.4. The third-order valence-electron chi connectivity index (χ3n) is 4.47. The van der Waals surface area contributed by atoms with Gasteiger partial charge in [0.05, 0.1) is 17.4 Å². The molecule has 8 heteroatoms. The molecule has 2 aromatic heterocycles. The van der Waals surface area contributed by atoms with E-state index in [1.165, 1.54) is 12.1 Å². The van der Waals surface area contributed by atoms with Crippen molar-refractivity contribution in [2.45, 2.75) is 13.5 Å². The molecule has 0 aliphatic heterocycles. The molecular formula is C20H17F2N5O. The number of hydrogen-bond acceptors (Lipinski definition) is 3. The van der Waals surface area contributed by atoms with Crippen LogP contribution in [0.1, 0.15) is 5.69 Å². The molecule has 0 saturated heterocycles. The molecule has 4 aromatic rings. The molecule has 0 bridgehead atoms. The fourth-order valence-electron chi connectivity index (χ4n) is 3.15. The van der Waals surface area contributed by atoms with Crippen LogP contribution in [0.25, 0.3) is 22.0 Å². The smallest absolute Gasteiger partial charge is 0.247 e. The third kappa shape index (κ3) is 3.24. The number of benzene rings is 2. The summed E-state index contributed by atoms with van der Waals surface area (Å²) in [5.74, 6) is -1.42. The van der Waals surface area contributed by atoms with Crippen molar-refractivity contribution in [2.75, 3.05) is 5.32 Å². The molecule has 4 rings (SSSR count). The Hall–Kier alpha value is -3.55. The molecule has 28 heavy (non-hydrogen) atoms. The molecule has 0 saturated carbocycles. The van der Waals surface area contributed by atoms with E-state index in [9.17, 15) is 13.6 Å². The average molecular weight is 381 g/mol. The summed E-state index contributed by atoms with van der Waals surface area (Å²) in [6.07, 6.45) is 1.59. The summed E-state index contributed by atoms with van der Waals surface area (Å²) in [7, 11) is 1.75. The number of nitrogens with zero attached hydrogens (tertiary/aromatic N) is 4. The molecule has 2 aromatic carbocycles. The van der Waals surface area contributed by atoms with Crippen molar-refractivity contribution in [2.24, 2.45) is 7.05 Å². The van der Waals surface area contributed by atoms with Crippen molar-refractivity contribution in [1.82, 2.24) is 19.6 Å². The highest BCUT2D eigenvalue weighted by atomic mass is 19.2. The van der Waals surface area contributed by atoms with Gasteiger partial charge in [-0.25, -0.2) is 8.78 Å². The minimum Gasteiger partial charge on any atom is -0.309 e. The second kappa shape index (κ2) is 6.88. The Morgan fingerprint density at radius 1 is 1.18 bits per heavy atom. The number of aryl methyl sites for hydroxylation is 2. The minimum absolute atomic E-state index is 0.0153. The number of carbonyl (C=O) groups is 1. The summed E-state index contributed by atoms with van der Waals surface area (Å²) in [6.45, 7) is 1.86. The van der Waals surface area contributed by atoms with Crippen molar-refractivity contribution in [3.63, 3.8) is 0 Å². The normalized spacial score (nSPS) is 11.1. The molecule has 0 unspecified atom stereocenters. The van der Waals surface area contributed by atoms with Crippen molar-refractivity contribution in [1.29, 1.82) is 0 Å². The molecule has 0 aliphatic rings. The van der Waals surface area contributed by atoms with Crippen LogP contribution in [0.2, 0.25) is 0 Å². The van der Waals surface area contributed by atoms with Crippen LogP contribution in [-0.2, 0) is 18.4 Å². The maximum Gasteiger partial charge on any atom is 0.247 e. The van der Waals surface area contributed by atoms with Gasteiger partial charge in [-0.2, -0.15) is 10.2 Å². The van der Waals surface area contributed by atoms with E-state index in [2.05, 4.69) is 15.5 Å². The predicted octanol–water partition coefficient (Wildman–Crippen LogP) is 3.66. The Morgan fingerprint density at radius 3 is 2.75 bits per heavy atom. The Morgan fingerprint density at radius 2 is 2.00 bits per heavy atom. The summed E-state index contributed by atoms with van der Waals surface area (Å²) >= 11 is 0. The summed E-state index contributed by atoms with van der Waals surface area (Å²) in [5, 5.41) is 12.0. The lowest BCUT2D eigenvalue weighted by molar-refractivity contribution is -0.116.